The maximum atomic E-state index is 13.4. The van der Waals surface area contributed by atoms with Crippen LogP contribution in [-0.4, -0.2) is 61.7 Å². The molecule has 3 aromatic rings. The zero-order valence-corrected chi connectivity index (χ0v) is 17.4. The van der Waals surface area contributed by atoms with E-state index in [0.717, 1.165) is 35.6 Å². The van der Waals surface area contributed by atoms with Gasteiger partial charge in [-0.2, -0.15) is 5.10 Å². The second-order valence-corrected chi connectivity index (χ2v) is 8.01. The average molecular weight is 393 g/mol. The monoisotopic (exact) mass is 393 g/mol. The normalized spacial score (nSPS) is 15.0. The lowest BCUT2D eigenvalue weighted by Gasteiger charge is -2.35. The maximum Gasteiger partial charge on any atom is 0.254 e. The van der Waals surface area contributed by atoms with E-state index in [9.17, 15) is 4.79 Å². The zero-order valence-electron chi connectivity index (χ0n) is 17.4. The fourth-order valence-corrected chi connectivity index (χ4v) is 3.65. The van der Waals surface area contributed by atoms with Crippen molar-refractivity contribution >= 4 is 22.8 Å². The molecule has 152 valence electrons. The van der Waals surface area contributed by atoms with Gasteiger partial charge in [0.1, 0.15) is 5.82 Å². The molecule has 8 heteroatoms. The minimum Gasteiger partial charge on any atom is -0.352 e. The van der Waals surface area contributed by atoms with Gasteiger partial charge in [0, 0.05) is 50.3 Å². The Morgan fingerprint density at radius 2 is 1.79 bits per heavy atom. The SMILES string of the molecule is CC(C)c1cc(C(=O)N2CCN(c3cnccn3)CC2)c2cnn(C(C)C)c2n1. The van der Waals surface area contributed by atoms with Crippen molar-refractivity contribution in [1.82, 2.24) is 29.6 Å². The van der Waals surface area contributed by atoms with Crippen LogP contribution in [0.2, 0.25) is 0 Å². The van der Waals surface area contributed by atoms with E-state index in [1.165, 1.54) is 0 Å². The van der Waals surface area contributed by atoms with E-state index < -0.39 is 0 Å². The van der Waals surface area contributed by atoms with Crippen molar-refractivity contribution in [1.29, 1.82) is 0 Å². The van der Waals surface area contributed by atoms with E-state index in [2.05, 4.69) is 47.7 Å². The molecule has 1 saturated heterocycles. The van der Waals surface area contributed by atoms with Gasteiger partial charge in [0.05, 0.1) is 23.3 Å². The van der Waals surface area contributed by atoms with Gasteiger partial charge in [0.25, 0.3) is 5.91 Å². The summed E-state index contributed by atoms with van der Waals surface area (Å²) >= 11 is 0. The quantitative estimate of drug-likeness (QED) is 0.678. The third-order valence-electron chi connectivity index (χ3n) is 5.34. The summed E-state index contributed by atoms with van der Waals surface area (Å²) in [7, 11) is 0. The van der Waals surface area contributed by atoms with Gasteiger partial charge in [-0.3, -0.25) is 9.78 Å². The number of anilines is 1. The summed E-state index contributed by atoms with van der Waals surface area (Å²) in [5, 5.41) is 5.32. The molecule has 1 aliphatic rings. The summed E-state index contributed by atoms with van der Waals surface area (Å²) in [6.45, 7) is 11.1. The molecule has 1 amide bonds. The Labute approximate surface area is 170 Å². The summed E-state index contributed by atoms with van der Waals surface area (Å²) in [5.41, 5.74) is 2.40. The van der Waals surface area contributed by atoms with E-state index in [4.69, 9.17) is 4.98 Å². The molecule has 0 radical (unpaired) electrons. The molecule has 4 rings (SSSR count). The lowest BCUT2D eigenvalue weighted by molar-refractivity contribution is 0.0748. The zero-order chi connectivity index (χ0) is 20.5. The largest absolute Gasteiger partial charge is 0.352 e. The molecule has 0 unspecified atom stereocenters. The summed E-state index contributed by atoms with van der Waals surface area (Å²) in [4.78, 5) is 30.8. The van der Waals surface area contributed by atoms with E-state index in [-0.39, 0.29) is 17.9 Å². The first-order valence-electron chi connectivity index (χ1n) is 10.1. The van der Waals surface area contributed by atoms with Gasteiger partial charge in [0.2, 0.25) is 0 Å². The maximum absolute atomic E-state index is 13.4. The first-order chi connectivity index (χ1) is 14.0. The highest BCUT2D eigenvalue weighted by Gasteiger charge is 2.26. The number of amides is 1. The molecule has 0 N–H and O–H groups in total. The number of carbonyl (C=O) groups is 1. The third kappa shape index (κ3) is 3.66. The van der Waals surface area contributed by atoms with Crippen LogP contribution in [0.25, 0.3) is 11.0 Å². The Kier molecular flexibility index (Phi) is 5.17. The minimum atomic E-state index is 0.0430. The molecule has 3 aromatic heterocycles. The van der Waals surface area contributed by atoms with E-state index in [0.29, 0.717) is 18.7 Å². The number of nitrogens with zero attached hydrogens (tertiary/aromatic N) is 7. The number of rotatable bonds is 4. The molecule has 1 aliphatic heterocycles. The molecule has 0 aliphatic carbocycles. The summed E-state index contributed by atoms with van der Waals surface area (Å²) in [6, 6.07) is 2.12. The molecular weight excluding hydrogens is 366 g/mol. The Hall–Kier alpha value is -3.03. The van der Waals surface area contributed by atoms with Crippen molar-refractivity contribution in [3.05, 3.63) is 42.1 Å². The van der Waals surface area contributed by atoms with Crippen LogP contribution in [0.15, 0.2) is 30.9 Å². The number of carbonyl (C=O) groups excluding carboxylic acids is 1. The van der Waals surface area contributed by atoms with Crippen molar-refractivity contribution in [2.24, 2.45) is 0 Å². The first kappa shape index (κ1) is 19.3. The predicted octanol–water partition coefficient (Wildman–Crippen LogP) is 2.89. The van der Waals surface area contributed by atoms with Crippen LogP contribution < -0.4 is 4.90 Å². The van der Waals surface area contributed by atoms with Crippen LogP contribution in [0, 0.1) is 0 Å². The third-order valence-corrected chi connectivity index (χ3v) is 5.34. The van der Waals surface area contributed by atoms with Crippen molar-refractivity contribution < 1.29 is 4.79 Å². The molecule has 0 aromatic carbocycles. The van der Waals surface area contributed by atoms with Gasteiger partial charge in [-0.05, 0) is 25.8 Å². The average Bonchev–Trinajstić information content (AvgIpc) is 3.17. The van der Waals surface area contributed by atoms with Crippen LogP contribution >= 0.6 is 0 Å². The molecular formula is C21H27N7O. The molecule has 0 bridgehead atoms. The second kappa shape index (κ2) is 7.77. The number of aromatic nitrogens is 5. The Bertz CT molecular complexity index is 1000. The van der Waals surface area contributed by atoms with Crippen LogP contribution in [0.5, 0.6) is 0 Å². The van der Waals surface area contributed by atoms with Crippen LogP contribution in [0.1, 0.15) is 55.7 Å². The van der Waals surface area contributed by atoms with Crippen molar-refractivity contribution in [2.45, 2.75) is 39.7 Å². The Balaban J connectivity index is 1.62. The van der Waals surface area contributed by atoms with Crippen LogP contribution in [0.3, 0.4) is 0 Å². The highest BCUT2D eigenvalue weighted by atomic mass is 16.2. The minimum absolute atomic E-state index is 0.0430. The second-order valence-electron chi connectivity index (χ2n) is 8.01. The van der Waals surface area contributed by atoms with E-state index in [1.54, 1.807) is 24.8 Å². The first-order valence-corrected chi connectivity index (χ1v) is 10.1. The Morgan fingerprint density at radius 1 is 1.03 bits per heavy atom. The van der Waals surface area contributed by atoms with E-state index >= 15 is 0 Å². The van der Waals surface area contributed by atoms with Gasteiger partial charge >= 0.3 is 0 Å². The van der Waals surface area contributed by atoms with Crippen LogP contribution in [-0.2, 0) is 0 Å². The van der Waals surface area contributed by atoms with Crippen molar-refractivity contribution in [2.75, 3.05) is 31.1 Å². The molecule has 29 heavy (non-hydrogen) atoms. The molecule has 0 spiro atoms. The van der Waals surface area contributed by atoms with E-state index in [1.807, 2.05) is 15.6 Å². The van der Waals surface area contributed by atoms with Gasteiger partial charge < -0.3 is 9.80 Å². The highest BCUT2D eigenvalue weighted by molar-refractivity contribution is 6.05. The van der Waals surface area contributed by atoms with Crippen molar-refractivity contribution in [3.63, 3.8) is 0 Å². The number of hydrogen-bond donors (Lipinski definition) is 0. The molecule has 8 nitrogen and oxygen atoms in total. The van der Waals surface area contributed by atoms with Crippen LogP contribution in [0.4, 0.5) is 5.82 Å². The standard InChI is InChI=1S/C21H27N7O/c1-14(2)18-11-16(17-12-24-28(15(3)4)20(17)25-18)21(29)27-9-7-26(8-10-27)19-13-22-5-6-23-19/h5-6,11-15H,7-10H2,1-4H3. The summed E-state index contributed by atoms with van der Waals surface area (Å²) < 4.78 is 1.89. The molecule has 0 atom stereocenters. The Morgan fingerprint density at radius 3 is 2.41 bits per heavy atom. The van der Waals surface area contributed by atoms with Gasteiger partial charge in [-0.1, -0.05) is 13.8 Å². The topological polar surface area (TPSA) is 80.0 Å². The summed E-state index contributed by atoms with van der Waals surface area (Å²) in [6.07, 6.45) is 6.90. The van der Waals surface area contributed by atoms with Gasteiger partial charge in [-0.15, -0.1) is 0 Å². The summed E-state index contributed by atoms with van der Waals surface area (Å²) in [5.74, 6) is 1.13. The number of piperazine rings is 1. The molecule has 0 saturated carbocycles. The highest BCUT2D eigenvalue weighted by Crippen LogP contribution is 2.26. The lowest BCUT2D eigenvalue weighted by Crippen LogP contribution is -2.49. The van der Waals surface area contributed by atoms with Gasteiger partial charge in [-0.25, -0.2) is 14.6 Å². The number of hydrogen-bond acceptors (Lipinski definition) is 6. The van der Waals surface area contributed by atoms with Gasteiger partial charge in [0.15, 0.2) is 5.65 Å². The number of fused-ring (bicyclic) bond motifs is 1. The van der Waals surface area contributed by atoms with Crippen molar-refractivity contribution in [3.8, 4) is 0 Å². The lowest BCUT2D eigenvalue weighted by atomic mass is 10.0. The fraction of sp³-hybridized carbons (Fsp3) is 0.476. The number of pyridine rings is 1. The predicted molar refractivity (Wildman–Crippen MR) is 112 cm³/mol. The molecule has 1 fully saturated rings. The smallest absolute Gasteiger partial charge is 0.254 e. The molecule has 4 heterocycles. The fourth-order valence-electron chi connectivity index (χ4n) is 3.65.